The van der Waals surface area contributed by atoms with Crippen molar-refractivity contribution in [1.82, 2.24) is 29.9 Å². The van der Waals surface area contributed by atoms with Gasteiger partial charge in [0.25, 0.3) is 0 Å². The fourth-order valence-corrected chi connectivity index (χ4v) is 4.23. The third kappa shape index (κ3) is 6.80. The average molecular weight is 569 g/mol. The summed E-state index contributed by atoms with van der Waals surface area (Å²) in [6.07, 6.45) is 5.88. The zero-order valence-corrected chi connectivity index (χ0v) is 22.3. The summed E-state index contributed by atoms with van der Waals surface area (Å²) in [5.41, 5.74) is 2.22. The van der Waals surface area contributed by atoms with Gasteiger partial charge in [0.1, 0.15) is 11.9 Å². The lowest BCUT2D eigenvalue weighted by Crippen LogP contribution is -2.48. The zero-order chi connectivity index (χ0) is 22.3. The first-order valence-electron chi connectivity index (χ1n) is 11.7. The van der Waals surface area contributed by atoms with Crippen molar-refractivity contribution in [3.63, 3.8) is 0 Å². The van der Waals surface area contributed by atoms with E-state index in [-0.39, 0.29) is 30.1 Å². The Hall–Kier alpha value is -1.92. The molecule has 4 rings (SSSR count). The highest BCUT2D eigenvalue weighted by molar-refractivity contribution is 14.0. The Labute approximate surface area is 214 Å². The number of nitrogens with zero attached hydrogens (tertiary/aromatic N) is 7. The Kier molecular flexibility index (Phi) is 9.75. The molecule has 2 aliphatic heterocycles. The summed E-state index contributed by atoms with van der Waals surface area (Å²) in [4.78, 5) is 16.7. The predicted molar refractivity (Wildman–Crippen MR) is 142 cm³/mol. The molecule has 9 nitrogen and oxygen atoms in total. The monoisotopic (exact) mass is 568 g/mol. The van der Waals surface area contributed by atoms with Crippen LogP contribution in [0.2, 0.25) is 0 Å². The van der Waals surface area contributed by atoms with Gasteiger partial charge < -0.3 is 24.8 Å². The molecule has 0 saturated carbocycles. The number of aryl methyl sites for hydroxylation is 1. The second-order valence-electron chi connectivity index (χ2n) is 8.37. The molecule has 0 bridgehead atoms. The van der Waals surface area contributed by atoms with Gasteiger partial charge in [-0.05, 0) is 25.1 Å². The first kappa shape index (κ1) is 25.7. The van der Waals surface area contributed by atoms with Crippen LogP contribution in [0.1, 0.15) is 31.1 Å². The highest BCUT2D eigenvalue weighted by Crippen LogP contribution is 2.22. The van der Waals surface area contributed by atoms with E-state index in [2.05, 4.69) is 51.1 Å². The largest absolute Gasteiger partial charge is 0.370 e. The molecule has 2 aromatic heterocycles. The topological polar surface area (TPSA) is 74.1 Å². The summed E-state index contributed by atoms with van der Waals surface area (Å²) in [5.74, 6) is 1.98. The number of hydrogen-bond donors (Lipinski definition) is 1. The van der Waals surface area contributed by atoms with Gasteiger partial charge in [-0.15, -0.1) is 24.0 Å². The van der Waals surface area contributed by atoms with E-state index in [4.69, 9.17) is 14.7 Å². The standard InChI is InChI=1S/C23H36N8O.HI/c1-4-24-23(31-12-13-32-21(18-31)20-16-27-28(3)17-20)26-15-19-6-7-22(25-14-19)30-10-8-29(5-2)9-11-30;/h6-7,14,16-17,21H,4-5,8-13,15,18H2,1-3H3,(H,24,26);1H. The molecule has 1 unspecified atom stereocenters. The normalized spacial score (nSPS) is 20.0. The number of guanidine groups is 1. The molecule has 2 aliphatic rings. The number of hydrogen-bond acceptors (Lipinski definition) is 6. The van der Waals surface area contributed by atoms with Crippen LogP contribution in [0.15, 0.2) is 35.7 Å². The fourth-order valence-electron chi connectivity index (χ4n) is 4.23. The Bertz CT molecular complexity index is 879. The van der Waals surface area contributed by atoms with Crippen molar-refractivity contribution in [3.8, 4) is 0 Å². The highest BCUT2D eigenvalue weighted by Gasteiger charge is 2.25. The quantitative estimate of drug-likeness (QED) is 0.325. The lowest BCUT2D eigenvalue weighted by molar-refractivity contribution is -0.00805. The molecular weight excluding hydrogens is 531 g/mol. The van der Waals surface area contributed by atoms with Gasteiger partial charge >= 0.3 is 0 Å². The second kappa shape index (κ2) is 12.5. The van der Waals surface area contributed by atoms with Gasteiger partial charge in [0.15, 0.2) is 5.96 Å². The van der Waals surface area contributed by atoms with Gasteiger partial charge in [0, 0.05) is 64.3 Å². The molecule has 33 heavy (non-hydrogen) atoms. The summed E-state index contributed by atoms with van der Waals surface area (Å²) in [6, 6.07) is 4.28. The lowest BCUT2D eigenvalue weighted by Gasteiger charge is -2.35. The van der Waals surface area contributed by atoms with E-state index < -0.39 is 0 Å². The van der Waals surface area contributed by atoms with Crippen molar-refractivity contribution < 1.29 is 4.74 Å². The Morgan fingerprint density at radius 3 is 2.61 bits per heavy atom. The number of aromatic nitrogens is 3. The van der Waals surface area contributed by atoms with Gasteiger partial charge in [-0.25, -0.2) is 9.98 Å². The van der Waals surface area contributed by atoms with Crippen LogP contribution in [0, 0.1) is 0 Å². The van der Waals surface area contributed by atoms with Crippen LogP contribution in [0.3, 0.4) is 0 Å². The van der Waals surface area contributed by atoms with E-state index in [1.807, 2.05) is 30.3 Å². The summed E-state index contributed by atoms with van der Waals surface area (Å²) in [7, 11) is 1.93. The first-order valence-corrected chi connectivity index (χ1v) is 11.7. The Morgan fingerprint density at radius 1 is 1.15 bits per heavy atom. The van der Waals surface area contributed by atoms with E-state index in [0.717, 1.165) is 75.3 Å². The molecule has 1 N–H and O–H groups in total. The summed E-state index contributed by atoms with van der Waals surface area (Å²) in [5, 5.41) is 7.72. The summed E-state index contributed by atoms with van der Waals surface area (Å²) < 4.78 is 7.80. The minimum Gasteiger partial charge on any atom is -0.370 e. The van der Waals surface area contributed by atoms with Gasteiger partial charge in [0.2, 0.25) is 0 Å². The van der Waals surface area contributed by atoms with Crippen LogP contribution in [-0.2, 0) is 18.3 Å². The van der Waals surface area contributed by atoms with E-state index in [1.54, 1.807) is 0 Å². The molecule has 0 aliphatic carbocycles. The number of rotatable bonds is 6. The molecule has 4 heterocycles. The number of aliphatic imine (C=N–C) groups is 1. The number of ether oxygens (including phenoxy) is 1. The third-order valence-corrected chi connectivity index (χ3v) is 6.16. The SMILES string of the molecule is CCNC(=NCc1ccc(N2CCN(CC)CC2)nc1)N1CCOC(c2cnn(C)c2)C1.I. The van der Waals surface area contributed by atoms with Crippen molar-refractivity contribution in [2.24, 2.45) is 12.0 Å². The number of piperazine rings is 1. The van der Waals surface area contributed by atoms with Crippen molar-refractivity contribution in [3.05, 3.63) is 41.9 Å². The number of anilines is 1. The number of likely N-dealkylation sites (N-methyl/N-ethyl adjacent to an activating group) is 1. The molecule has 10 heteroatoms. The van der Waals surface area contributed by atoms with Crippen molar-refractivity contribution >= 4 is 35.8 Å². The van der Waals surface area contributed by atoms with Crippen LogP contribution in [-0.4, -0.2) is 89.5 Å². The van der Waals surface area contributed by atoms with E-state index in [0.29, 0.717) is 13.2 Å². The fraction of sp³-hybridized carbons (Fsp3) is 0.609. The third-order valence-electron chi connectivity index (χ3n) is 6.16. The molecule has 2 fully saturated rings. The van der Waals surface area contributed by atoms with Crippen LogP contribution >= 0.6 is 24.0 Å². The van der Waals surface area contributed by atoms with E-state index in [1.165, 1.54) is 0 Å². The number of morpholine rings is 1. The molecule has 0 aromatic carbocycles. The molecular formula is C23H37IN8O. The van der Waals surface area contributed by atoms with Crippen molar-refractivity contribution in [1.29, 1.82) is 0 Å². The zero-order valence-electron chi connectivity index (χ0n) is 20.0. The molecule has 0 amide bonds. The van der Waals surface area contributed by atoms with Crippen LogP contribution < -0.4 is 10.2 Å². The maximum Gasteiger partial charge on any atom is 0.194 e. The summed E-state index contributed by atoms with van der Waals surface area (Å²) in [6.45, 7) is 13.4. The van der Waals surface area contributed by atoms with Gasteiger partial charge in [-0.3, -0.25) is 4.68 Å². The maximum absolute atomic E-state index is 5.99. The molecule has 2 saturated heterocycles. The highest BCUT2D eigenvalue weighted by atomic mass is 127. The first-order chi connectivity index (χ1) is 15.7. The Balaban J connectivity index is 0.00000306. The van der Waals surface area contributed by atoms with Crippen LogP contribution in [0.4, 0.5) is 5.82 Å². The van der Waals surface area contributed by atoms with Gasteiger partial charge in [0.05, 0.1) is 25.9 Å². The Morgan fingerprint density at radius 2 is 1.97 bits per heavy atom. The average Bonchev–Trinajstić information content (AvgIpc) is 3.28. The summed E-state index contributed by atoms with van der Waals surface area (Å²) >= 11 is 0. The van der Waals surface area contributed by atoms with Gasteiger partial charge in [-0.2, -0.15) is 5.10 Å². The van der Waals surface area contributed by atoms with Crippen LogP contribution in [0.25, 0.3) is 0 Å². The maximum atomic E-state index is 5.99. The lowest BCUT2D eigenvalue weighted by atomic mass is 10.1. The molecule has 2 aromatic rings. The smallest absolute Gasteiger partial charge is 0.194 e. The minimum absolute atomic E-state index is 0. The van der Waals surface area contributed by atoms with E-state index >= 15 is 0 Å². The molecule has 1 atom stereocenters. The van der Waals surface area contributed by atoms with Crippen molar-refractivity contribution in [2.45, 2.75) is 26.5 Å². The van der Waals surface area contributed by atoms with Crippen LogP contribution in [0.5, 0.6) is 0 Å². The predicted octanol–water partition coefficient (Wildman–Crippen LogP) is 2.11. The van der Waals surface area contributed by atoms with Gasteiger partial charge in [-0.1, -0.05) is 13.0 Å². The minimum atomic E-state index is 0. The second-order valence-corrected chi connectivity index (χ2v) is 8.37. The number of nitrogens with one attached hydrogen (secondary N) is 1. The molecule has 0 spiro atoms. The van der Waals surface area contributed by atoms with E-state index in [9.17, 15) is 0 Å². The molecule has 0 radical (unpaired) electrons. The molecule has 182 valence electrons. The van der Waals surface area contributed by atoms with Crippen molar-refractivity contribution in [2.75, 3.05) is 63.9 Å². The number of halogens is 1. The number of pyridine rings is 1.